The average Bonchev–Trinajstić information content (AvgIpc) is 2.84. The summed E-state index contributed by atoms with van der Waals surface area (Å²) in [6.45, 7) is 0. The second kappa shape index (κ2) is 19.8. The first-order valence-corrected chi connectivity index (χ1v) is 29.6. The molecule has 0 radical (unpaired) electrons. The Labute approximate surface area is 502 Å². The Balaban J connectivity index is 0.000000105. The number of aromatic nitrogens is 8. The van der Waals surface area contributed by atoms with E-state index >= 15 is 0 Å². The Morgan fingerprint density at radius 3 is 0.511 bits per heavy atom. The molecule has 0 atom stereocenters. The number of hydrogen-bond donors (Lipinski definition) is 2. The fourth-order valence-electron chi connectivity index (χ4n) is 13.1. The van der Waals surface area contributed by atoms with Gasteiger partial charge in [0.05, 0.1) is 0 Å². The van der Waals surface area contributed by atoms with E-state index in [4.69, 9.17) is 29.9 Å². The van der Waals surface area contributed by atoms with Gasteiger partial charge in [0.15, 0.2) is 23.3 Å². The third-order valence-electron chi connectivity index (χ3n) is 17.5. The van der Waals surface area contributed by atoms with E-state index in [0.717, 1.165) is 43.8 Å². The summed E-state index contributed by atoms with van der Waals surface area (Å²) in [6.07, 6.45) is 0. The van der Waals surface area contributed by atoms with Gasteiger partial charge >= 0.3 is 0 Å². The van der Waals surface area contributed by atoms with Crippen LogP contribution in [0.2, 0.25) is 0 Å². The summed E-state index contributed by atoms with van der Waals surface area (Å²) in [6, 6.07) is 98.8. The van der Waals surface area contributed by atoms with Crippen molar-refractivity contribution in [1.29, 1.82) is 0 Å². The van der Waals surface area contributed by atoms with Gasteiger partial charge in [0.1, 0.15) is 22.6 Å². The van der Waals surface area contributed by atoms with E-state index in [2.05, 4.69) is 192 Å². The van der Waals surface area contributed by atoms with Crippen molar-refractivity contribution in [2.24, 2.45) is 0 Å². The standard InChI is InChI=1S/C32H18N8.C26H16.C22H14/c1-2-10-18-17(9-1)25-33-26(18)38-28-21-13-5-6-14-22(21)30(35-28)40-32-24-16-8-7-15-23(24)31(36-32)39-29-20-12-4-3-11-19(20)27(34-29)37-25;1-2-6-18-10-22-14-26-16-24-12-20-8-4-3-7-19(20)11-23(24)15-25(26)13-21(22)9-17(18)5-1;1-2-6-16-10-20-14-22-12-18-8-4-3-7-17(18)11-21(22)13-19(20)9-15(16)5-1/h1-16H,(H2,33,34,35,36,37,38,39,40);1-16H;1-14H. The lowest BCUT2D eigenvalue weighted by Gasteiger charge is -2.08. The molecular formula is C80H48N8. The SMILES string of the molecule is c1ccc2c(c1)-c1nc-2nc2[nH]c(nc3nc(nc4[nH]c(n1)c1ccccc41)-c1ccccc1-3)c1ccccc21.c1ccc2cc3cc4cc5cc6ccccc6cc5cc4cc3cc2c1.c1ccc2cc3cc4cc5ccccc5cc4cc3cc2c1. The van der Waals surface area contributed by atoms with Crippen molar-refractivity contribution in [3.63, 3.8) is 0 Å². The van der Waals surface area contributed by atoms with E-state index in [1.165, 1.54) is 97.0 Å². The molecular weight excluding hydrogens is 1070 g/mol. The van der Waals surface area contributed by atoms with Crippen LogP contribution in [0.1, 0.15) is 0 Å². The lowest BCUT2D eigenvalue weighted by atomic mass is 9.96. The first-order valence-electron chi connectivity index (χ1n) is 29.6. The molecule has 88 heavy (non-hydrogen) atoms. The van der Waals surface area contributed by atoms with Crippen LogP contribution in [0, 0.1) is 0 Å². The number of nitrogens with one attached hydrogen (secondary N) is 2. The zero-order valence-corrected chi connectivity index (χ0v) is 47.2. The molecule has 18 aromatic rings. The maximum Gasteiger partial charge on any atom is 0.164 e. The van der Waals surface area contributed by atoms with Crippen molar-refractivity contribution in [3.05, 3.63) is 279 Å². The Morgan fingerprint density at radius 2 is 0.318 bits per heavy atom. The van der Waals surface area contributed by atoms with Gasteiger partial charge in [0.2, 0.25) is 0 Å². The predicted molar refractivity (Wildman–Crippen MR) is 366 cm³/mol. The quantitative estimate of drug-likeness (QED) is 0.146. The van der Waals surface area contributed by atoms with Crippen LogP contribution in [0.3, 0.4) is 0 Å². The van der Waals surface area contributed by atoms with Crippen LogP contribution in [-0.4, -0.2) is 39.9 Å². The Morgan fingerprint density at radius 1 is 0.159 bits per heavy atom. The third kappa shape index (κ3) is 8.45. The van der Waals surface area contributed by atoms with Gasteiger partial charge in [0.25, 0.3) is 0 Å². The molecule has 8 heteroatoms. The molecule has 3 aromatic heterocycles. The zero-order valence-electron chi connectivity index (χ0n) is 47.2. The maximum atomic E-state index is 5.02. The lowest BCUT2D eigenvalue weighted by Crippen LogP contribution is -1.82. The van der Waals surface area contributed by atoms with E-state index in [1.54, 1.807) is 0 Å². The lowest BCUT2D eigenvalue weighted by molar-refractivity contribution is 1.19. The van der Waals surface area contributed by atoms with Crippen LogP contribution in [0.15, 0.2) is 279 Å². The summed E-state index contributed by atoms with van der Waals surface area (Å²) in [4.78, 5) is 36.8. The highest BCUT2D eigenvalue weighted by Crippen LogP contribution is 2.38. The van der Waals surface area contributed by atoms with E-state index in [1.807, 2.05) is 97.1 Å². The van der Waals surface area contributed by atoms with Crippen LogP contribution < -0.4 is 0 Å². The molecule has 0 unspecified atom stereocenters. The molecule has 0 amide bonds. The van der Waals surface area contributed by atoms with E-state index in [0.29, 0.717) is 45.9 Å². The van der Waals surface area contributed by atoms with Crippen molar-refractivity contribution in [3.8, 4) is 45.6 Å². The van der Waals surface area contributed by atoms with Gasteiger partial charge in [-0.1, -0.05) is 194 Å². The molecule has 0 fully saturated rings. The van der Waals surface area contributed by atoms with Crippen LogP contribution >= 0.6 is 0 Å². The first kappa shape index (κ1) is 49.4. The van der Waals surface area contributed by atoms with Crippen LogP contribution in [0.4, 0.5) is 0 Å². The zero-order chi connectivity index (χ0) is 57.8. The number of hydrogen-bond acceptors (Lipinski definition) is 6. The summed E-state index contributed by atoms with van der Waals surface area (Å²) in [7, 11) is 0. The minimum atomic E-state index is 0.597. The Hall–Kier alpha value is -12.0. The van der Waals surface area contributed by atoms with Gasteiger partial charge in [-0.05, 0) is 182 Å². The van der Waals surface area contributed by atoms with Gasteiger partial charge < -0.3 is 9.97 Å². The van der Waals surface area contributed by atoms with E-state index in [9.17, 15) is 0 Å². The van der Waals surface area contributed by atoms with Gasteiger partial charge in [-0.15, -0.1) is 0 Å². The molecule has 0 aliphatic carbocycles. The summed E-state index contributed by atoms with van der Waals surface area (Å²) < 4.78 is 0. The van der Waals surface area contributed by atoms with E-state index < -0.39 is 0 Å². The van der Waals surface area contributed by atoms with Gasteiger partial charge in [-0.2, -0.15) is 0 Å². The monoisotopic (exact) mass is 1120 g/mol. The molecule has 5 heterocycles. The highest BCUT2D eigenvalue weighted by molar-refractivity contribution is 6.12. The Bertz CT molecular complexity index is 5430. The van der Waals surface area contributed by atoms with Crippen LogP contribution in [0.25, 0.3) is 187 Å². The summed E-state index contributed by atoms with van der Waals surface area (Å²) in [5, 5.41) is 27.3. The Kier molecular flexibility index (Phi) is 11.1. The average molecular weight is 1120 g/mol. The van der Waals surface area contributed by atoms with Gasteiger partial charge in [-0.25, -0.2) is 29.9 Å². The van der Waals surface area contributed by atoms with Crippen molar-refractivity contribution in [2.75, 3.05) is 0 Å². The number of rotatable bonds is 0. The van der Waals surface area contributed by atoms with Gasteiger partial charge in [0, 0.05) is 43.8 Å². The summed E-state index contributed by atoms with van der Waals surface area (Å²) >= 11 is 0. The minimum Gasteiger partial charge on any atom is -0.324 e. The predicted octanol–water partition coefficient (Wildman–Crippen LogP) is 20.6. The normalized spacial score (nSPS) is 11.9. The fourth-order valence-corrected chi connectivity index (χ4v) is 13.1. The molecule has 20 rings (SSSR count). The fraction of sp³-hybridized carbons (Fsp3) is 0. The number of nitrogens with zero attached hydrogens (tertiary/aromatic N) is 6. The second-order valence-corrected chi connectivity index (χ2v) is 22.9. The minimum absolute atomic E-state index is 0.597. The van der Waals surface area contributed by atoms with Crippen molar-refractivity contribution in [2.45, 2.75) is 0 Å². The molecule has 8 nitrogen and oxygen atoms in total. The molecule has 2 N–H and O–H groups in total. The third-order valence-corrected chi connectivity index (χ3v) is 17.5. The van der Waals surface area contributed by atoms with Crippen molar-refractivity contribution >= 4 is 141 Å². The summed E-state index contributed by atoms with van der Waals surface area (Å²) in [5.74, 6) is 2.39. The molecule has 0 spiro atoms. The second-order valence-electron chi connectivity index (χ2n) is 22.9. The van der Waals surface area contributed by atoms with Crippen molar-refractivity contribution < 1.29 is 0 Å². The molecule has 0 saturated heterocycles. The molecule has 408 valence electrons. The molecule has 2 aliphatic rings. The number of aromatic amines is 2. The van der Waals surface area contributed by atoms with E-state index in [-0.39, 0.29) is 0 Å². The molecule has 0 saturated carbocycles. The summed E-state index contributed by atoms with van der Waals surface area (Å²) in [5.41, 5.74) is 6.45. The highest BCUT2D eigenvalue weighted by Gasteiger charge is 2.22. The molecule has 15 aromatic carbocycles. The van der Waals surface area contributed by atoms with Crippen LogP contribution in [-0.2, 0) is 0 Å². The topological polar surface area (TPSA) is 109 Å². The first-order chi connectivity index (χ1) is 43.5. The molecule has 8 bridgehead atoms. The number of H-pyrrole nitrogens is 2. The highest BCUT2D eigenvalue weighted by atomic mass is 15.1. The number of benzene rings is 15. The maximum absolute atomic E-state index is 5.02. The number of fused-ring (bicyclic) bond motifs is 29. The van der Waals surface area contributed by atoms with Crippen molar-refractivity contribution in [1.82, 2.24) is 39.9 Å². The largest absolute Gasteiger partial charge is 0.324 e. The van der Waals surface area contributed by atoms with Gasteiger partial charge in [-0.3, -0.25) is 0 Å². The van der Waals surface area contributed by atoms with Crippen LogP contribution in [0.5, 0.6) is 0 Å². The smallest absolute Gasteiger partial charge is 0.164 e. The molecule has 2 aliphatic heterocycles.